The van der Waals surface area contributed by atoms with Crippen LogP contribution in [-0.2, 0) is 21.4 Å². The van der Waals surface area contributed by atoms with E-state index in [0.717, 1.165) is 5.56 Å². The van der Waals surface area contributed by atoms with Crippen LogP contribution in [0.2, 0.25) is 0 Å². The van der Waals surface area contributed by atoms with Crippen LogP contribution >= 0.6 is 0 Å². The van der Waals surface area contributed by atoms with E-state index in [1.165, 1.54) is 31.2 Å². The van der Waals surface area contributed by atoms with Gasteiger partial charge in [0.15, 0.2) is 0 Å². The zero-order chi connectivity index (χ0) is 20.0. The minimum Gasteiger partial charge on any atom is -0.439 e. The van der Waals surface area contributed by atoms with E-state index in [9.17, 15) is 13.2 Å². The maximum absolute atomic E-state index is 12.5. The molecule has 0 saturated heterocycles. The summed E-state index contributed by atoms with van der Waals surface area (Å²) in [5.41, 5.74) is 1.28. The van der Waals surface area contributed by atoms with Crippen LogP contribution in [0, 0.1) is 0 Å². The predicted molar refractivity (Wildman–Crippen MR) is 106 cm³/mol. The van der Waals surface area contributed by atoms with Crippen molar-refractivity contribution in [3.63, 3.8) is 0 Å². The van der Waals surface area contributed by atoms with E-state index < -0.39 is 10.0 Å². The summed E-state index contributed by atoms with van der Waals surface area (Å²) in [7, 11) is -3.69. The molecule has 1 heterocycles. The first-order valence-electron chi connectivity index (χ1n) is 8.47. The highest BCUT2D eigenvalue weighted by Crippen LogP contribution is 2.20. The largest absolute Gasteiger partial charge is 0.439 e. The summed E-state index contributed by atoms with van der Waals surface area (Å²) in [5, 5.41) is 2.59. The molecule has 0 bridgehead atoms. The van der Waals surface area contributed by atoms with Gasteiger partial charge in [-0.05, 0) is 48.0 Å². The highest BCUT2D eigenvalue weighted by atomic mass is 32.2. The number of amides is 1. The number of sulfonamides is 1. The molecule has 0 fully saturated rings. The molecule has 0 radical (unpaired) electrons. The summed E-state index contributed by atoms with van der Waals surface area (Å²) in [6.07, 6.45) is 1.63. The van der Waals surface area contributed by atoms with Gasteiger partial charge < -0.3 is 10.1 Å². The Hall–Kier alpha value is -3.23. The number of aromatic nitrogens is 1. The van der Waals surface area contributed by atoms with Crippen LogP contribution in [0.3, 0.4) is 0 Å². The van der Waals surface area contributed by atoms with Gasteiger partial charge in [0.1, 0.15) is 5.75 Å². The topological polar surface area (TPSA) is 97.4 Å². The lowest BCUT2D eigenvalue weighted by molar-refractivity contribution is -0.114. The van der Waals surface area contributed by atoms with E-state index in [1.54, 1.807) is 42.6 Å². The van der Waals surface area contributed by atoms with Gasteiger partial charge in [-0.1, -0.05) is 18.2 Å². The van der Waals surface area contributed by atoms with Crippen molar-refractivity contribution in [1.82, 2.24) is 9.71 Å². The van der Waals surface area contributed by atoms with Crippen LogP contribution in [0.15, 0.2) is 77.8 Å². The maximum atomic E-state index is 12.5. The van der Waals surface area contributed by atoms with E-state index in [0.29, 0.717) is 17.3 Å². The molecule has 0 atom stereocenters. The molecular formula is C20H19N3O4S. The number of rotatable bonds is 7. The fourth-order valence-electron chi connectivity index (χ4n) is 2.43. The molecule has 2 aromatic carbocycles. The molecule has 8 heteroatoms. The summed E-state index contributed by atoms with van der Waals surface area (Å²) in [5.74, 6) is 0.802. The zero-order valence-corrected chi connectivity index (χ0v) is 15.9. The van der Waals surface area contributed by atoms with Crippen LogP contribution in [0.1, 0.15) is 12.5 Å². The number of hydrogen-bond acceptors (Lipinski definition) is 5. The Morgan fingerprint density at radius 3 is 2.50 bits per heavy atom. The molecule has 2 N–H and O–H groups in total. The number of nitrogens with zero attached hydrogens (tertiary/aromatic N) is 1. The molecule has 7 nitrogen and oxygen atoms in total. The first kappa shape index (κ1) is 19.5. The molecule has 0 unspecified atom stereocenters. The summed E-state index contributed by atoms with van der Waals surface area (Å²) in [6, 6.07) is 18.4. The minimum atomic E-state index is -3.69. The molecule has 144 valence electrons. The summed E-state index contributed by atoms with van der Waals surface area (Å²) in [4.78, 5) is 15.2. The van der Waals surface area contributed by atoms with Crippen LogP contribution in [0.4, 0.5) is 5.69 Å². The lowest BCUT2D eigenvalue weighted by Gasteiger charge is -2.10. The molecule has 0 saturated carbocycles. The number of nitrogens with one attached hydrogen (secondary N) is 2. The first-order chi connectivity index (χ1) is 13.4. The molecule has 0 spiro atoms. The molecule has 3 aromatic rings. The van der Waals surface area contributed by atoms with Gasteiger partial charge in [0.25, 0.3) is 0 Å². The van der Waals surface area contributed by atoms with Crippen LogP contribution in [-0.4, -0.2) is 19.3 Å². The van der Waals surface area contributed by atoms with Gasteiger partial charge in [0.05, 0.1) is 4.90 Å². The van der Waals surface area contributed by atoms with Gasteiger partial charge in [-0.3, -0.25) is 4.79 Å². The third-order valence-electron chi connectivity index (χ3n) is 3.71. The quantitative estimate of drug-likeness (QED) is 0.637. The lowest BCUT2D eigenvalue weighted by Crippen LogP contribution is -2.23. The molecule has 1 amide bonds. The normalized spacial score (nSPS) is 11.0. The molecule has 0 aliphatic rings. The summed E-state index contributed by atoms with van der Waals surface area (Å²) >= 11 is 0. The number of hydrogen-bond donors (Lipinski definition) is 2. The van der Waals surface area contributed by atoms with E-state index in [1.807, 2.05) is 6.07 Å². The number of ether oxygens (including phenoxy) is 1. The molecule has 0 aliphatic heterocycles. The standard InChI is InChI=1S/C20H19N3O4S/c1-15(24)23-17-8-10-19(11-9-17)28(25,26)22-14-16-5-4-6-18(13-16)27-20-7-2-3-12-21-20/h2-13,22H,14H2,1H3,(H,23,24). The number of carbonyl (C=O) groups excluding carboxylic acids is 1. The van der Waals surface area contributed by atoms with Crippen molar-refractivity contribution in [2.24, 2.45) is 0 Å². The molecule has 3 rings (SSSR count). The highest BCUT2D eigenvalue weighted by molar-refractivity contribution is 7.89. The summed E-state index contributed by atoms with van der Waals surface area (Å²) < 4.78 is 33.2. The monoisotopic (exact) mass is 397 g/mol. The Kier molecular flexibility index (Phi) is 6.03. The van der Waals surface area contributed by atoms with E-state index >= 15 is 0 Å². The first-order valence-corrected chi connectivity index (χ1v) is 9.96. The average Bonchev–Trinajstić information content (AvgIpc) is 2.68. The lowest BCUT2D eigenvalue weighted by atomic mass is 10.2. The van der Waals surface area contributed by atoms with Gasteiger partial charge in [-0.15, -0.1) is 0 Å². The van der Waals surface area contributed by atoms with Crippen molar-refractivity contribution < 1.29 is 17.9 Å². The van der Waals surface area contributed by atoms with Crippen molar-refractivity contribution >= 4 is 21.6 Å². The smallest absolute Gasteiger partial charge is 0.240 e. The van der Waals surface area contributed by atoms with E-state index in [-0.39, 0.29) is 17.3 Å². The second-order valence-corrected chi connectivity index (χ2v) is 7.71. The third kappa shape index (κ3) is 5.38. The number of carbonyl (C=O) groups is 1. The van der Waals surface area contributed by atoms with Crippen molar-refractivity contribution in [2.45, 2.75) is 18.4 Å². The van der Waals surface area contributed by atoms with Gasteiger partial charge in [0.2, 0.25) is 21.8 Å². The summed E-state index contributed by atoms with van der Waals surface area (Å²) in [6.45, 7) is 1.49. The van der Waals surface area contributed by atoms with Gasteiger partial charge in [0, 0.05) is 31.4 Å². The Bertz CT molecular complexity index is 1050. The fourth-order valence-corrected chi connectivity index (χ4v) is 3.45. The predicted octanol–water partition coefficient (Wildman–Crippen LogP) is 3.31. The number of anilines is 1. The molecule has 28 heavy (non-hydrogen) atoms. The zero-order valence-electron chi connectivity index (χ0n) is 15.1. The second-order valence-electron chi connectivity index (χ2n) is 5.95. The maximum Gasteiger partial charge on any atom is 0.240 e. The second kappa shape index (κ2) is 8.64. The SMILES string of the molecule is CC(=O)Nc1ccc(S(=O)(=O)NCc2cccc(Oc3ccccn3)c2)cc1. The Balaban J connectivity index is 1.65. The third-order valence-corrected chi connectivity index (χ3v) is 5.13. The molecule has 0 aliphatic carbocycles. The van der Waals surface area contributed by atoms with E-state index in [4.69, 9.17) is 4.74 Å². The number of benzene rings is 2. The van der Waals surface area contributed by atoms with Crippen molar-refractivity contribution in [3.8, 4) is 11.6 Å². The van der Waals surface area contributed by atoms with Crippen LogP contribution < -0.4 is 14.8 Å². The minimum absolute atomic E-state index is 0.106. The van der Waals surface area contributed by atoms with Crippen molar-refractivity contribution in [3.05, 3.63) is 78.5 Å². The fraction of sp³-hybridized carbons (Fsp3) is 0.100. The molecule has 1 aromatic heterocycles. The van der Waals surface area contributed by atoms with E-state index in [2.05, 4.69) is 15.0 Å². The highest BCUT2D eigenvalue weighted by Gasteiger charge is 2.14. The Morgan fingerprint density at radius 2 is 1.82 bits per heavy atom. The Morgan fingerprint density at radius 1 is 1.04 bits per heavy atom. The van der Waals surface area contributed by atoms with Gasteiger partial charge in [-0.2, -0.15) is 0 Å². The van der Waals surface area contributed by atoms with Gasteiger partial charge in [-0.25, -0.2) is 18.1 Å². The average molecular weight is 397 g/mol. The molecular weight excluding hydrogens is 378 g/mol. The number of pyridine rings is 1. The van der Waals surface area contributed by atoms with Gasteiger partial charge >= 0.3 is 0 Å². The van der Waals surface area contributed by atoms with Crippen molar-refractivity contribution in [2.75, 3.05) is 5.32 Å². The van der Waals surface area contributed by atoms with Crippen molar-refractivity contribution in [1.29, 1.82) is 0 Å². The van der Waals surface area contributed by atoms with Crippen LogP contribution in [0.5, 0.6) is 11.6 Å². The Labute approximate surface area is 163 Å². The van der Waals surface area contributed by atoms with Crippen LogP contribution in [0.25, 0.3) is 0 Å².